The van der Waals surface area contributed by atoms with E-state index in [9.17, 15) is 14.0 Å². The number of hydrogen-bond donors (Lipinski definition) is 2. The van der Waals surface area contributed by atoms with Crippen LogP contribution in [0.25, 0.3) is 0 Å². The summed E-state index contributed by atoms with van der Waals surface area (Å²) in [7, 11) is 0. The van der Waals surface area contributed by atoms with Crippen LogP contribution in [0.15, 0.2) is 16.6 Å². The third kappa shape index (κ3) is 1.74. The van der Waals surface area contributed by atoms with Gasteiger partial charge in [-0.05, 0) is 28.1 Å². The molecule has 0 aliphatic heterocycles. The van der Waals surface area contributed by atoms with Gasteiger partial charge in [0.2, 0.25) is 0 Å². The molecule has 14 heavy (non-hydrogen) atoms. The molecule has 0 heterocycles. The maximum atomic E-state index is 13.2. The summed E-state index contributed by atoms with van der Waals surface area (Å²) < 4.78 is 13.1. The summed E-state index contributed by atoms with van der Waals surface area (Å²) in [4.78, 5) is 21.1. The quantitative estimate of drug-likeness (QED) is 0.855. The Hall–Kier alpha value is -1.43. The molecule has 0 radical (unpaired) electrons. The summed E-state index contributed by atoms with van der Waals surface area (Å²) in [6.45, 7) is 0. The fourth-order valence-corrected chi connectivity index (χ4v) is 1.27. The summed E-state index contributed by atoms with van der Waals surface area (Å²) in [6, 6.07) is 2.17. The first kappa shape index (κ1) is 10.6. The third-order valence-electron chi connectivity index (χ3n) is 1.54. The summed E-state index contributed by atoms with van der Waals surface area (Å²) >= 11 is 2.77. The van der Waals surface area contributed by atoms with Gasteiger partial charge >= 0.3 is 11.9 Å². The lowest BCUT2D eigenvalue weighted by Crippen LogP contribution is -2.10. The summed E-state index contributed by atoms with van der Waals surface area (Å²) in [5.41, 5.74) is -1.41. The second-order valence-electron chi connectivity index (χ2n) is 2.39. The average Bonchev–Trinajstić information content (AvgIpc) is 2.08. The van der Waals surface area contributed by atoms with Crippen LogP contribution in [0, 0.1) is 5.82 Å². The highest BCUT2D eigenvalue weighted by Crippen LogP contribution is 2.22. The van der Waals surface area contributed by atoms with Crippen LogP contribution < -0.4 is 0 Å². The topological polar surface area (TPSA) is 74.6 Å². The number of aromatic carboxylic acids is 2. The number of carbonyl (C=O) groups is 2. The predicted molar refractivity (Wildman–Crippen MR) is 48.0 cm³/mol. The van der Waals surface area contributed by atoms with Gasteiger partial charge in [0, 0.05) is 0 Å². The maximum absolute atomic E-state index is 13.2. The Labute approximate surface area is 86.1 Å². The second kappa shape index (κ2) is 3.75. The number of hydrogen-bond acceptors (Lipinski definition) is 2. The minimum atomic E-state index is -1.61. The molecule has 0 aliphatic carbocycles. The second-order valence-corrected chi connectivity index (χ2v) is 3.25. The minimum absolute atomic E-state index is 0.0834. The van der Waals surface area contributed by atoms with E-state index in [1.165, 1.54) is 0 Å². The lowest BCUT2D eigenvalue weighted by atomic mass is 10.1. The molecule has 0 saturated carbocycles. The highest BCUT2D eigenvalue weighted by Gasteiger charge is 2.22. The molecule has 1 aromatic carbocycles. The predicted octanol–water partition coefficient (Wildman–Crippen LogP) is 1.98. The molecule has 0 bridgehead atoms. The smallest absolute Gasteiger partial charge is 0.339 e. The van der Waals surface area contributed by atoms with Gasteiger partial charge in [-0.3, -0.25) is 0 Å². The molecule has 1 rings (SSSR count). The van der Waals surface area contributed by atoms with E-state index < -0.39 is 28.9 Å². The molecular formula is C8H4BrFO4. The lowest BCUT2D eigenvalue weighted by Gasteiger charge is -2.03. The van der Waals surface area contributed by atoms with Gasteiger partial charge < -0.3 is 10.2 Å². The highest BCUT2D eigenvalue weighted by atomic mass is 79.9. The summed E-state index contributed by atoms with van der Waals surface area (Å²) in [6.07, 6.45) is 0. The molecule has 0 aliphatic rings. The molecule has 4 nitrogen and oxygen atoms in total. The molecule has 2 N–H and O–H groups in total. The molecule has 0 spiro atoms. The van der Waals surface area contributed by atoms with E-state index >= 15 is 0 Å². The molecule has 0 unspecified atom stereocenters. The molecule has 0 saturated heterocycles. The van der Waals surface area contributed by atoms with E-state index in [1.807, 2.05) is 0 Å². The molecule has 74 valence electrons. The molecular weight excluding hydrogens is 259 g/mol. The van der Waals surface area contributed by atoms with E-state index in [-0.39, 0.29) is 4.47 Å². The SMILES string of the molecule is O=C(O)c1ccc(Br)c(F)c1C(=O)O. The maximum Gasteiger partial charge on any atom is 0.339 e. The number of rotatable bonds is 2. The van der Waals surface area contributed by atoms with Gasteiger partial charge in [-0.2, -0.15) is 0 Å². The van der Waals surface area contributed by atoms with Crippen molar-refractivity contribution in [1.82, 2.24) is 0 Å². The van der Waals surface area contributed by atoms with Gasteiger partial charge in [0.05, 0.1) is 10.0 Å². The Morgan fingerprint density at radius 3 is 2.21 bits per heavy atom. The van der Waals surface area contributed by atoms with Gasteiger partial charge in [-0.25, -0.2) is 14.0 Å². The zero-order chi connectivity index (χ0) is 10.9. The van der Waals surface area contributed by atoms with Gasteiger partial charge in [0.1, 0.15) is 5.56 Å². The van der Waals surface area contributed by atoms with Crippen molar-refractivity contribution in [2.24, 2.45) is 0 Å². The summed E-state index contributed by atoms with van der Waals surface area (Å²) in [5, 5.41) is 17.2. The van der Waals surface area contributed by atoms with Crippen LogP contribution >= 0.6 is 15.9 Å². The zero-order valence-electron chi connectivity index (χ0n) is 6.62. The van der Waals surface area contributed by atoms with Crippen LogP contribution in [0.1, 0.15) is 20.7 Å². The molecule has 0 atom stereocenters. The molecule has 1 aromatic rings. The van der Waals surface area contributed by atoms with Crippen LogP contribution in [0.3, 0.4) is 0 Å². The van der Waals surface area contributed by atoms with Crippen molar-refractivity contribution < 1.29 is 24.2 Å². The highest BCUT2D eigenvalue weighted by molar-refractivity contribution is 9.10. The molecule has 0 aromatic heterocycles. The Balaban J connectivity index is 3.53. The van der Waals surface area contributed by atoms with Crippen molar-refractivity contribution in [3.05, 3.63) is 33.5 Å². The van der Waals surface area contributed by atoms with E-state index in [0.29, 0.717) is 0 Å². The number of carboxylic acids is 2. The molecule has 0 fully saturated rings. The monoisotopic (exact) mass is 262 g/mol. The van der Waals surface area contributed by atoms with Gasteiger partial charge in [0.15, 0.2) is 5.82 Å². The molecule has 6 heteroatoms. The number of benzene rings is 1. The van der Waals surface area contributed by atoms with Crippen molar-refractivity contribution in [1.29, 1.82) is 0 Å². The number of carboxylic acid groups (broad SMARTS) is 2. The van der Waals surface area contributed by atoms with Crippen LogP contribution in [-0.4, -0.2) is 22.2 Å². The van der Waals surface area contributed by atoms with E-state index in [2.05, 4.69) is 15.9 Å². The Morgan fingerprint density at radius 2 is 1.79 bits per heavy atom. The van der Waals surface area contributed by atoms with Crippen molar-refractivity contribution in [2.45, 2.75) is 0 Å². The van der Waals surface area contributed by atoms with E-state index in [4.69, 9.17) is 10.2 Å². The fourth-order valence-electron chi connectivity index (χ4n) is 0.938. The average molecular weight is 263 g/mol. The largest absolute Gasteiger partial charge is 0.478 e. The van der Waals surface area contributed by atoms with Gasteiger partial charge in [-0.15, -0.1) is 0 Å². The van der Waals surface area contributed by atoms with Crippen molar-refractivity contribution >= 4 is 27.9 Å². The van der Waals surface area contributed by atoms with E-state index in [0.717, 1.165) is 12.1 Å². The third-order valence-corrected chi connectivity index (χ3v) is 2.15. The zero-order valence-corrected chi connectivity index (χ0v) is 8.21. The van der Waals surface area contributed by atoms with Crippen LogP contribution in [0.4, 0.5) is 4.39 Å². The van der Waals surface area contributed by atoms with Gasteiger partial charge in [0.25, 0.3) is 0 Å². The van der Waals surface area contributed by atoms with Gasteiger partial charge in [-0.1, -0.05) is 0 Å². The number of halogens is 2. The van der Waals surface area contributed by atoms with Crippen LogP contribution in [0.5, 0.6) is 0 Å². The van der Waals surface area contributed by atoms with Crippen LogP contribution in [0.2, 0.25) is 0 Å². The lowest BCUT2D eigenvalue weighted by molar-refractivity contribution is 0.0647. The minimum Gasteiger partial charge on any atom is -0.478 e. The van der Waals surface area contributed by atoms with Crippen molar-refractivity contribution in [3.8, 4) is 0 Å². The first-order valence-corrected chi connectivity index (χ1v) is 4.19. The normalized spacial score (nSPS) is 9.86. The van der Waals surface area contributed by atoms with E-state index in [1.54, 1.807) is 0 Å². The van der Waals surface area contributed by atoms with Crippen molar-refractivity contribution in [2.75, 3.05) is 0 Å². The molecule has 0 amide bonds. The van der Waals surface area contributed by atoms with Crippen LogP contribution in [-0.2, 0) is 0 Å². The Morgan fingerprint density at radius 1 is 1.21 bits per heavy atom. The fraction of sp³-hybridized carbons (Fsp3) is 0. The first-order valence-electron chi connectivity index (χ1n) is 3.39. The Kier molecular flexibility index (Phi) is 2.85. The standard InChI is InChI=1S/C8H4BrFO4/c9-4-2-1-3(7(11)12)5(6(4)10)8(13)14/h1-2H,(H,11,12)(H,13,14). The Bertz CT molecular complexity index is 416. The summed E-state index contributed by atoms with van der Waals surface area (Å²) in [5.74, 6) is -4.17. The van der Waals surface area contributed by atoms with Crippen molar-refractivity contribution in [3.63, 3.8) is 0 Å². The first-order chi connectivity index (χ1) is 6.45.